The molecule has 1 heterocycles. The summed E-state index contributed by atoms with van der Waals surface area (Å²) in [7, 11) is 0. The monoisotopic (exact) mass is 566 g/mol. The Balaban J connectivity index is 1.40. The second-order valence-electron chi connectivity index (χ2n) is 10.9. The van der Waals surface area contributed by atoms with Crippen molar-refractivity contribution < 1.29 is 33.4 Å². The van der Waals surface area contributed by atoms with Crippen LogP contribution in [-0.4, -0.2) is 91.6 Å². The fraction of sp³-hybridized carbons (Fsp3) is 0.467. The Morgan fingerprint density at radius 2 is 1.41 bits per heavy atom. The van der Waals surface area contributed by atoms with Gasteiger partial charge in [-0.2, -0.15) is 0 Å². The number of carbonyl (C=O) groups excluding carboxylic acids is 4. The SMILES string of the molecule is CCOC(=O)N1CCN(C(=O)[C@H](CNC(=O)OC(C)(C)C)NC(=O)OCC2c3ccccc3-c3ccccc32)CC1. The first kappa shape index (κ1) is 29.7. The number of benzene rings is 2. The van der Waals surface area contributed by atoms with E-state index in [9.17, 15) is 19.2 Å². The van der Waals surface area contributed by atoms with Gasteiger partial charge in [-0.05, 0) is 49.9 Å². The van der Waals surface area contributed by atoms with Crippen molar-refractivity contribution in [2.75, 3.05) is 45.9 Å². The molecule has 4 amide bonds. The molecule has 11 nitrogen and oxygen atoms in total. The van der Waals surface area contributed by atoms with Gasteiger partial charge in [0.2, 0.25) is 5.91 Å². The molecule has 0 bridgehead atoms. The number of rotatable bonds is 7. The maximum Gasteiger partial charge on any atom is 0.409 e. The number of nitrogens with zero attached hydrogens (tertiary/aromatic N) is 2. The number of hydrogen-bond acceptors (Lipinski definition) is 7. The zero-order valence-corrected chi connectivity index (χ0v) is 24.0. The molecule has 11 heteroatoms. The van der Waals surface area contributed by atoms with Crippen LogP contribution in [0.1, 0.15) is 44.7 Å². The van der Waals surface area contributed by atoms with Crippen LogP contribution in [-0.2, 0) is 19.0 Å². The number of carbonyl (C=O) groups is 4. The second kappa shape index (κ2) is 12.9. The van der Waals surface area contributed by atoms with Gasteiger partial charge in [0.1, 0.15) is 18.2 Å². The molecule has 4 rings (SSSR count). The summed E-state index contributed by atoms with van der Waals surface area (Å²) >= 11 is 0. The van der Waals surface area contributed by atoms with Crippen LogP contribution < -0.4 is 10.6 Å². The molecule has 1 saturated heterocycles. The lowest BCUT2D eigenvalue weighted by Crippen LogP contribution is -2.58. The van der Waals surface area contributed by atoms with E-state index >= 15 is 0 Å². The molecule has 2 aromatic carbocycles. The predicted octanol–water partition coefficient (Wildman–Crippen LogP) is 3.72. The molecule has 0 spiro atoms. The second-order valence-corrected chi connectivity index (χ2v) is 10.9. The van der Waals surface area contributed by atoms with Crippen LogP contribution in [0.25, 0.3) is 11.1 Å². The van der Waals surface area contributed by atoms with E-state index in [0.29, 0.717) is 13.1 Å². The van der Waals surface area contributed by atoms with Gasteiger partial charge in [0.05, 0.1) is 13.2 Å². The third kappa shape index (κ3) is 7.47. The van der Waals surface area contributed by atoms with Crippen LogP contribution in [0.5, 0.6) is 0 Å². The van der Waals surface area contributed by atoms with Crippen molar-refractivity contribution >= 4 is 24.2 Å². The lowest BCUT2D eigenvalue weighted by atomic mass is 9.98. The minimum absolute atomic E-state index is 0.0818. The van der Waals surface area contributed by atoms with Gasteiger partial charge < -0.3 is 34.6 Å². The van der Waals surface area contributed by atoms with Gasteiger partial charge in [0.15, 0.2) is 0 Å². The van der Waals surface area contributed by atoms with Crippen LogP contribution >= 0.6 is 0 Å². The predicted molar refractivity (Wildman–Crippen MR) is 151 cm³/mol. The molecule has 0 radical (unpaired) electrons. The number of amides is 4. The van der Waals surface area contributed by atoms with E-state index in [2.05, 4.69) is 10.6 Å². The summed E-state index contributed by atoms with van der Waals surface area (Å²) in [5.74, 6) is -0.545. The molecular formula is C30H38N4O7. The fourth-order valence-corrected chi connectivity index (χ4v) is 5.03. The van der Waals surface area contributed by atoms with Gasteiger partial charge in [0.25, 0.3) is 0 Å². The van der Waals surface area contributed by atoms with E-state index in [4.69, 9.17) is 14.2 Å². The summed E-state index contributed by atoms with van der Waals surface area (Å²) < 4.78 is 16.0. The molecular weight excluding hydrogens is 528 g/mol. The number of nitrogens with one attached hydrogen (secondary N) is 2. The van der Waals surface area contributed by atoms with E-state index in [1.54, 1.807) is 32.6 Å². The van der Waals surface area contributed by atoms with E-state index < -0.39 is 35.8 Å². The highest BCUT2D eigenvalue weighted by atomic mass is 16.6. The Morgan fingerprint density at radius 3 is 1.98 bits per heavy atom. The van der Waals surface area contributed by atoms with Gasteiger partial charge in [-0.1, -0.05) is 48.5 Å². The maximum atomic E-state index is 13.5. The highest BCUT2D eigenvalue weighted by Crippen LogP contribution is 2.44. The lowest BCUT2D eigenvalue weighted by molar-refractivity contribution is -0.134. The van der Waals surface area contributed by atoms with Crippen molar-refractivity contribution in [2.45, 2.75) is 45.3 Å². The first-order chi connectivity index (χ1) is 19.6. The average molecular weight is 567 g/mol. The minimum atomic E-state index is -1.10. The summed E-state index contributed by atoms with van der Waals surface area (Å²) in [6, 6.07) is 14.9. The molecule has 220 valence electrons. The lowest BCUT2D eigenvalue weighted by Gasteiger charge is -2.36. The van der Waals surface area contributed by atoms with E-state index in [-0.39, 0.29) is 38.8 Å². The summed E-state index contributed by atoms with van der Waals surface area (Å²) in [6.07, 6.45) is -1.92. The largest absolute Gasteiger partial charge is 0.450 e. The van der Waals surface area contributed by atoms with Crippen molar-refractivity contribution in [3.63, 3.8) is 0 Å². The van der Waals surface area contributed by atoms with Gasteiger partial charge in [-0.15, -0.1) is 0 Å². The molecule has 0 saturated carbocycles. The standard InChI is InChI=1S/C30H38N4O7/c1-5-39-29(38)34-16-14-33(15-17-34)26(35)25(18-31-27(36)41-30(2,3)4)32-28(37)40-19-24-22-12-8-6-10-20(22)21-11-7-9-13-23(21)24/h6-13,24-25H,5,14-19H2,1-4H3,(H,31,36)(H,32,37)/t25-/m0/s1. The number of alkyl carbamates (subject to hydrolysis) is 2. The van der Waals surface area contributed by atoms with Crippen LogP contribution in [0.15, 0.2) is 48.5 Å². The molecule has 1 aliphatic carbocycles. The van der Waals surface area contributed by atoms with E-state index in [1.807, 2.05) is 48.5 Å². The first-order valence-electron chi connectivity index (χ1n) is 13.9. The highest BCUT2D eigenvalue weighted by Gasteiger charge is 2.33. The Morgan fingerprint density at radius 1 is 0.854 bits per heavy atom. The molecule has 41 heavy (non-hydrogen) atoms. The Labute approximate surface area is 240 Å². The third-order valence-electron chi connectivity index (χ3n) is 6.90. The molecule has 2 aliphatic rings. The molecule has 1 atom stereocenters. The number of fused-ring (bicyclic) bond motifs is 3. The first-order valence-corrected chi connectivity index (χ1v) is 13.9. The van der Waals surface area contributed by atoms with Gasteiger partial charge >= 0.3 is 18.3 Å². The number of hydrogen-bond donors (Lipinski definition) is 2. The maximum absolute atomic E-state index is 13.5. The number of ether oxygens (including phenoxy) is 3. The van der Waals surface area contributed by atoms with Crippen molar-refractivity contribution in [1.82, 2.24) is 20.4 Å². The Kier molecular flexibility index (Phi) is 9.36. The highest BCUT2D eigenvalue weighted by molar-refractivity contribution is 5.87. The van der Waals surface area contributed by atoms with Gasteiger partial charge in [-0.25, -0.2) is 14.4 Å². The van der Waals surface area contributed by atoms with Crippen LogP contribution in [0.3, 0.4) is 0 Å². The summed E-state index contributed by atoms with van der Waals surface area (Å²) in [4.78, 5) is 53.9. The molecule has 1 fully saturated rings. The Bertz CT molecular complexity index is 1220. The van der Waals surface area contributed by atoms with Crippen molar-refractivity contribution in [3.05, 3.63) is 59.7 Å². The zero-order chi connectivity index (χ0) is 29.6. The molecule has 0 aromatic heterocycles. The van der Waals surface area contributed by atoms with E-state index in [1.165, 1.54) is 4.90 Å². The average Bonchev–Trinajstić information content (AvgIpc) is 3.26. The normalized spacial score (nSPS) is 15.3. The minimum Gasteiger partial charge on any atom is -0.450 e. The van der Waals surface area contributed by atoms with Crippen LogP contribution in [0, 0.1) is 0 Å². The van der Waals surface area contributed by atoms with Crippen molar-refractivity contribution in [2.24, 2.45) is 0 Å². The summed E-state index contributed by atoms with van der Waals surface area (Å²) in [6.45, 7) is 8.17. The van der Waals surface area contributed by atoms with Gasteiger partial charge in [-0.3, -0.25) is 4.79 Å². The van der Waals surface area contributed by atoms with Gasteiger partial charge in [0, 0.05) is 32.1 Å². The summed E-state index contributed by atoms with van der Waals surface area (Å²) in [5, 5.41) is 5.20. The topological polar surface area (TPSA) is 127 Å². The zero-order valence-electron chi connectivity index (χ0n) is 24.0. The quantitative estimate of drug-likeness (QED) is 0.489. The Hall–Kier alpha value is -4.28. The summed E-state index contributed by atoms with van der Waals surface area (Å²) in [5.41, 5.74) is 3.62. The third-order valence-corrected chi connectivity index (χ3v) is 6.90. The molecule has 1 aliphatic heterocycles. The van der Waals surface area contributed by atoms with Crippen molar-refractivity contribution in [3.8, 4) is 11.1 Å². The number of piperazine rings is 1. The van der Waals surface area contributed by atoms with Crippen LogP contribution in [0.4, 0.5) is 14.4 Å². The molecule has 2 aromatic rings. The molecule has 2 N–H and O–H groups in total. The smallest absolute Gasteiger partial charge is 0.409 e. The molecule has 0 unspecified atom stereocenters. The van der Waals surface area contributed by atoms with Crippen LogP contribution in [0.2, 0.25) is 0 Å². The van der Waals surface area contributed by atoms with Crippen molar-refractivity contribution in [1.29, 1.82) is 0 Å². The van der Waals surface area contributed by atoms with E-state index in [0.717, 1.165) is 22.3 Å². The fourth-order valence-electron chi connectivity index (χ4n) is 5.03.